The van der Waals surface area contributed by atoms with Crippen LogP contribution in [0.2, 0.25) is 0 Å². The zero-order valence-corrected chi connectivity index (χ0v) is 11.4. The molecule has 1 fully saturated rings. The minimum Gasteiger partial charge on any atom is -0.378 e. The van der Waals surface area contributed by atoms with Crippen molar-refractivity contribution >= 4 is 5.91 Å². The number of ether oxygens (including phenoxy) is 3. The molecule has 1 N–H and O–H groups in total. The number of carbonyl (C=O) groups is 1. The summed E-state index contributed by atoms with van der Waals surface area (Å²) in [4.78, 5) is 11.7. The van der Waals surface area contributed by atoms with Gasteiger partial charge in [-0.1, -0.05) is 0 Å². The third kappa shape index (κ3) is 6.33. The first-order valence-electron chi connectivity index (χ1n) is 6.87. The van der Waals surface area contributed by atoms with Gasteiger partial charge in [0.2, 0.25) is 5.91 Å². The van der Waals surface area contributed by atoms with Crippen molar-refractivity contribution in [2.24, 2.45) is 0 Å². The number of nitrogens with one attached hydrogen (secondary N) is 1. The van der Waals surface area contributed by atoms with Crippen molar-refractivity contribution in [3.63, 3.8) is 0 Å². The molecule has 1 amide bonds. The highest BCUT2D eigenvalue weighted by atomic mass is 16.7. The summed E-state index contributed by atoms with van der Waals surface area (Å²) in [6.07, 6.45) is 3.40. The molecule has 5 nitrogen and oxygen atoms in total. The van der Waals surface area contributed by atoms with E-state index in [9.17, 15) is 4.79 Å². The van der Waals surface area contributed by atoms with Crippen molar-refractivity contribution in [3.05, 3.63) is 0 Å². The number of amides is 1. The van der Waals surface area contributed by atoms with Crippen LogP contribution in [0.25, 0.3) is 0 Å². The Labute approximate surface area is 109 Å². The lowest BCUT2D eigenvalue weighted by Gasteiger charge is -2.22. The van der Waals surface area contributed by atoms with Gasteiger partial charge in [0.1, 0.15) is 0 Å². The van der Waals surface area contributed by atoms with E-state index in [2.05, 4.69) is 5.32 Å². The van der Waals surface area contributed by atoms with E-state index in [4.69, 9.17) is 14.2 Å². The van der Waals surface area contributed by atoms with Gasteiger partial charge in [0, 0.05) is 19.8 Å². The van der Waals surface area contributed by atoms with Gasteiger partial charge in [0.25, 0.3) is 0 Å². The molecule has 0 aliphatic carbocycles. The van der Waals surface area contributed by atoms with Crippen LogP contribution in [0.15, 0.2) is 0 Å². The summed E-state index contributed by atoms with van der Waals surface area (Å²) in [5.74, 6) is 0.00584. The zero-order chi connectivity index (χ0) is 13.2. The topological polar surface area (TPSA) is 56.8 Å². The highest BCUT2D eigenvalue weighted by Gasteiger charge is 2.18. The van der Waals surface area contributed by atoms with Gasteiger partial charge in [-0.3, -0.25) is 4.79 Å². The summed E-state index contributed by atoms with van der Waals surface area (Å²) in [6.45, 7) is 6.14. The van der Waals surface area contributed by atoms with Gasteiger partial charge in [-0.25, -0.2) is 0 Å². The van der Waals surface area contributed by atoms with E-state index in [1.54, 1.807) is 0 Å². The molecule has 5 heteroatoms. The minimum atomic E-state index is -0.351. The molecule has 1 heterocycles. The van der Waals surface area contributed by atoms with Gasteiger partial charge in [0.05, 0.1) is 19.1 Å². The highest BCUT2D eigenvalue weighted by molar-refractivity contribution is 5.76. The number of hydrogen-bond donors (Lipinski definition) is 1. The fraction of sp³-hybridized carbons (Fsp3) is 0.923. The van der Waals surface area contributed by atoms with Crippen molar-refractivity contribution in [2.75, 3.05) is 26.4 Å². The van der Waals surface area contributed by atoms with Crippen molar-refractivity contribution in [3.8, 4) is 0 Å². The molecule has 1 atom stereocenters. The summed E-state index contributed by atoms with van der Waals surface area (Å²) in [5.41, 5.74) is 0. The van der Waals surface area contributed by atoms with Gasteiger partial charge >= 0.3 is 0 Å². The van der Waals surface area contributed by atoms with Crippen LogP contribution in [-0.2, 0) is 19.0 Å². The summed E-state index contributed by atoms with van der Waals surface area (Å²) >= 11 is 0. The van der Waals surface area contributed by atoms with Crippen LogP contribution < -0.4 is 5.32 Å². The maximum Gasteiger partial charge on any atom is 0.222 e. The van der Waals surface area contributed by atoms with Crippen LogP contribution >= 0.6 is 0 Å². The van der Waals surface area contributed by atoms with Crippen LogP contribution in [0.1, 0.15) is 39.5 Å². The Hall–Kier alpha value is -0.650. The lowest BCUT2D eigenvalue weighted by molar-refractivity contribution is -0.142. The molecule has 1 unspecified atom stereocenters. The molecule has 1 aliphatic rings. The average Bonchev–Trinajstić information content (AvgIpc) is 2.38. The third-order valence-corrected chi connectivity index (χ3v) is 2.86. The normalized spacial score (nSPS) is 20.1. The Morgan fingerprint density at radius 3 is 2.61 bits per heavy atom. The number of hydrogen-bond acceptors (Lipinski definition) is 4. The molecular formula is C13H25NO4. The standard InChI is InChI=1S/C13H25NO4/c1-3-16-13(17-4-2)10-14-12(15)9-11-7-5-6-8-18-11/h11,13H,3-10H2,1-2H3,(H,14,15). The third-order valence-electron chi connectivity index (χ3n) is 2.86. The summed E-state index contributed by atoms with van der Waals surface area (Å²) < 4.78 is 16.2. The molecule has 0 aromatic rings. The molecule has 0 spiro atoms. The Balaban J connectivity index is 2.17. The van der Waals surface area contributed by atoms with Crippen molar-refractivity contribution in [1.29, 1.82) is 0 Å². The maximum absolute atomic E-state index is 11.7. The predicted molar refractivity (Wildman–Crippen MR) is 68.3 cm³/mol. The van der Waals surface area contributed by atoms with Crippen LogP contribution in [0.4, 0.5) is 0 Å². The van der Waals surface area contributed by atoms with E-state index in [1.807, 2.05) is 13.8 Å². The van der Waals surface area contributed by atoms with Crippen LogP contribution in [0.3, 0.4) is 0 Å². The van der Waals surface area contributed by atoms with Gasteiger partial charge < -0.3 is 19.5 Å². The van der Waals surface area contributed by atoms with Gasteiger partial charge in [-0.2, -0.15) is 0 Å². The van der Waals surface area contributed by atoms with Gasteiger partial charge in [0.15, 0.2) is 6.29 Å². The Morgan fingerprint density at radius 1 is 1.33 bits per heavy atom. The van der Waals surface area contributed by atoms with Gasteiger partial charge in [-0.15, -0.1) is 0 Å². The minimum absolute atomic E-state index is 0.00584. The van der Waals surface area contributed by atoms with Crippen LogP contribution in [0.5, 0.6) is 0 Å². The molecule has 1 aliphatic heterocycles. The van der Waals surface area contributed by atoms with E-state index in [-0.39, 0.29) is 18.3 Å². The first kappa shape index (κ1) is 15.4. The fourth-order valence-corrected chi connectivity index (χ4v) is 1.98. The molecule has 18 heavy (non-hydrogen) atoms. The van der Waals surface area contributed by atoms with Gasteiger partial charge in [-0.05, 0) is 33.1 Å². The second-order valence-corrected chi connectivity index (χ2v) is 4.34. The van der Waals surface area contributed by atoms with Crippen molar-refractivity contribution < 1.29 is 19.0 Å². The molecule has 0 aromatic carbocycles. The lowest BCUT2D eigenvalue weighted by Crippen LogP contribution is -2.37. The Kier molecular flexibility index (Phi) is 7.96. The molecule has 0 bridgehead atoms. The first-order valence-corrected chi connectivity index (χ1v) is 6.87. The van der Waals surface area contributed by atoms with E-state index in [1.165, 1.54) is 0 Å². The number of carbonyl (C=O) groups excluding carboxylic acids is 1. The monoisotopic (exact) mass is 259 g/mol. The summed E-state index contributed by atoms with van der Waals surface area (Å²) in [7, 11) is 0. The molecule has 1 rings (SSSR count). The van der Waals surface area contributed by atoms with Crippen molar-refractivity contribution in [2.45, 2.75) is 51.9 Å². The summed E-state index contributed by atoms with van der Waals surface area (Å²) in [5, 5.41) is 2.83. The smallest absolute Gasteiger partial charge is 0.222 e. The highest BCUT2D eigenvalue weighted by Crippen LogP contribution is 2.15. The molecule has 106 valence electrons. The molecule has 0 saturated carbocycles. The second-order valence-electron chi connectivity index (χ2n) is 4.34. The largest absolute Gasteiger partial charge is 0.378 e. The molecular weight excluding hydrogens is 234 g/mol. The van der Waals surface area contributed by atoms with Crippen LogP contribution in [-0.4, -0.2) is 44.7 Å². The SMILES string of the molecule is CCOC(CNC(=O)CC1CCCCO1)OCC. The maximum atomic E-state index is 11.7. The van der Waals surface area contributed by atoms with E-state index >= 15 is 0 Å². The van der Waals surface area contributed by atoms with Crippen molar-refractivity contribution in [1.82, 2.24) is 5.32 Å². The van der Waals surface area contributed by atoms with E-state index in [0.717, 1.165) is 25.9 Å². The fourth-order valence-electron chi connectivity index (χ4n) is 1.98. The predicted octanol–water partition coefficient (Wildman–Crippen LogP) is 1.46. The quantitative estimate of drug-likeness (QED) is 0.671. The molecule has 0 aromatic heterocycles. The molecule has 0 radical (unpaired) electrons. The Morgan fingerprint density at radius 2 is 2.06 bits per heavy atom. The summed E-state index contributed by atoms with van der Waals surface area (Å²) in [6, 6.07) is 0. The molecule has 1 saturated heterocycles. The van der Waals surface area contributed by atoms with E-state index in [0.29, 0.717) is 26.2 Å². The number of rotatable bonds is 8. The first-order chi connectivity index (χ1) is 8.76. The van der Waals surface area contributed by atoms with E-state index < -0.39 is 0 Å². The van der Waals surface area contributed by atoms with Crippen LogP contribution in [0, 0.1) is 0 Å². The Bertz CT molecular complexity index is 223. The lowest BCUT2D eigenvalue weighted by atomic mass is 10.1. The second kappa shape index (κ2) is 9.30. The average molecular weight is 259 g/mol. The zero-order valence-electron chi connectivity index (χ0n) is 11.4.